The van der Waals surface area contributed by atoms with Crippen LogP contribution in [0.3, 0.4) is 0 Å². The number of aromatic hydroxyl groups is 2. The molecule has 3 N–H and O–H groups in total. The van der Waals surface area contributed by atoms with Crippen LogP contribution in [0.25, 0.3) is 0 Å². The maximum atomic E-state index is 10.4. The fraction of sp³-hybridized carbons (Fsp3) is 0.545. The number of nitrogens with zero attached hydrogens (tertiary/aromatic N) is 3. The van der Waals surface area contributed by atoms with E-state index in [2.05, 4.69) is 27.2 Å². The van der Waals surface area contributed by atoms with Crippen LogP contribution in [-0.2, 0) is 6.54 Å². The van der Waals surface area contributed by atoms with Gasteiger partial charge in [0.05, 0.1) is 12.3 Å². The number of para-hydroxylation sites is 2. The first-order valence-corrected chi connectivity index (χ1v) is 10.7. The standard InChI is InChI=1S/C22H32N4O3/c1-2-29-20-7-4-3-6-19(20)25-14-12-24(13-15-25)10-5-11-26-21(27)16-18(22(26)28)23-17-8-9-17/h3-4,6-7,16-17,23,27-28H,2,5,8-15H2,1H3. The average Bonchev–Trinajstić information content (AvgIpc) is 3.51. The lowest BCUT2D eigenvalue weighted by molar-refractivity contribution is 0.245. The van der Waals surface area contributed by atoms with Crippen molar-refractivity contribution < 1.29 is 14.9 Å². The zero-order valence-electron chi connectivity index (χ0n) is 17.2. The van der Waals surface area contributed by atoms with Gasteiger partial charge in [-0.2, -0.15) is 0 Å². The summed E-state index contributed by atoms with van der Waals surface area (Å²) in [5.41, 5.74) is 1.82. The van der Waals surface area contributed by atoms with Gasteiger partial charge in [0.2, 0.25) is 5.88 Å². The first-order valence-electron chi connectivity index (χ1n) is 10.7. The van der Waals surface area contributed by atoms with Crippen LogP contribution in [0.1, 0.15) is 26.2 Å². The first kappa shape index (κ1) is 19.8. The predicted molar refractivity (Wildman–Crippen MR) is 115 cm³/mol. The van der Waals surface area contributed by atoms with Gasteiger partial charge in [-0.05, 0) is 44.9 Å². The molecular formula is C22H32N4O3. The Bertz CT molecular complexity index is 810. The topological polar surface area (TPSA) is 73.1 Å². The van der Waals surface area contributed by atoms with Gasteiger partial charge in [-0.3, -0.25) is 9.47 Å². The first-order chi connectivity index (χ1) is 14.2. The van der Waals surface area contributed by atoms with Crippen LogP contribution in [0.5, 0.6) is 17.5 Å². The van der Waals surface area contributed by atoms with Crippen molar-refractivity contribution >= 4 is 11.4 Å². The van der Waals surface area contributed by atoms with Gasteiger partial charge in [-0.25, -0.2) is 0 Å². The Kier molecular flexibility index (Phi) is 6.04. The molecule has 1 aromatic carbocycles. The van der Waals surface area contributed by atoms with Crippen molar-refractivity contribution in [3.05, 3.63) is 30.3 Å². The summed E-state index contributed by atoms with van der Waals surface area (Å²) in [4.78, 5) is 4.83. The number of rotatable bonds is 9. The van der Waals surface area contributed by atoms with Crippen LogP contribution < -0.4 is 15.0 Å². The molecule has 4 rings (SSSR count). The van der Waals surface area contributed by atoms with E-state index in [1.807, 2.05) is 19.1 Å². The number of aromatic nitrogens is 1. The highest BCUT2D eigenvalue weighted by Gasteiger charge is 2.24. The predicted octanol–water partition coefficient (Wildman–Crippen LogP) is 3.08. The number of nitrogens with one attached hydrogen (secondary N) is 1. The van der Waals surface area contributed by atoms with Crippen molar-refractivity contribution in [2.24, 2.45) is 0 Å². The Labute approximate surface area is 172 Å². The molecule has 1 saturated carbocycles. The highest BCUT2D eigenvalue weighted by molar-refractivity contribution is 5.59. The molecule has 0 radical (unpaired) electrons. The summed E-state index contributed by atoms with van der Waals surface area (Å²) in [6.45, 7) is 8.19. The molecule has 1 aliphatic carbocycles. The summed E-state index contributed by atoms with van der Waals surface area (Å²) in [6.07, 6.45) is 3.15. The second-order valence-electron chi connectivity index (χ2n) is 7.89. The van der Waals surface area contributed by atoms with Crippen LogP contribution in [0.2, 0.25) is 0 Å². The van der Waals surface area contributed by atoms with Crippen LogP contribution in [-0.4, -0.2) is 65.1 Å². The molecule has 0 amide bonds. The van der Waals surface area contributed by atoms with Crippen LogP contribution in [0.15, 0.2) is 30.3 Å². The summed E-state index contributed by atoms with van der Waals surface area (Å²) in [5, 5.41) is 23.8. The van der Waals surface area contributed by atoms with Crippen molar-refractivity contribution in [3.63, 3.8) is 0 Å². The summed E-state index contributed by atoms with van der Waals surface area (Å²) < 4.78 is 7.37. The molecule has 0 bridgehead atoms. The van der Waals surface area contributed by atoms with Crippen molar-refractivity contribution in [3.8, 4) is 17.5 Å². The van der Waals surface area contributed by atoms with E-state index in [1.165, 1.54) is 5.69 Å². The molecule has 0 unspecified atom stereocenters. The van der Waals surface area contributed by atoms with Gasteiger partial charge in [0, 0.05) is 44.8 Å². The zero-order valence-corrected chi connectivity index (χ0v) is 17.2. The highest BCUT2D eigenvalue weighted by atomic mass is 16.5. The molecule has 0 atom stereocenters. The summed E-state index contributed by atoms with van der Waals surface area (Å²) in [5.74, 6) is 1.23. The molecule has 2 fully saturated rings. The number of anilines is 2. The van der Waals surface area contributed by atoms with Gasteiger partial charge in [-0.15, -0.1) is 0 Å². The van der Waals surface area contributed by atoms with Gasteiger partial charge in [0.25, 0.3) is 0 Å². The van der Waals surface area contributed by atoms with Crippen molar-refractivity contribution in [1.82, 2.24) is 9.47 Å². The van der Waals surface area contributed by atoms with Crippen LogP contribution >= 0.6 is 0 Å². The normalized spacial score (nSPS) is 17.5. The second kappa shape index (κ2) is 8.86. The minimum absolute atomic E-state index is 0.128. The molecule has 0 spiro atoms. The summed E-state index contributed by atoms with van der Waals surface area (Å²) in [6, 6.07) is 10.3. The Morgan fingerprint density at radius 2 is 1.83 bits per heavy atom. The fourth-order valence-electron chi connectivity index (χ4n) is 3.96. The minimum Gasteiger partial charge on any atom is -0.494 e. The lowest BCUT2D eigenvalue weighted by Gasteiger charge is -2.36. The number of piperazine rings is 1. The van der Waals surface area contributed by atoms with Gasteiger partial charge in [0.15, 0.2) is 5.88 Å². The Morgan fingerprint density at radius 3 is 2.55 bits per heavy atom. The monoisotopic (exact) mass is 400 g/mol. The van der Waals surface area contributed by atoms with E-state index >= 15 is 0 Å². The van der Waals surface area contributed by atoms with Crippen molar-refractivity contribution in [2.75, 3.05) is 49.5 Å². The SMILES string of the molecule is CCOc1ccccc1N1CCN(CCCn2c(O)cc(NC3CC3)c2O)CC1. The molecule has 158 valence electrons. The minimum atomic E-state index is 0.128. The summed E-state index contributed by atoms with van der Waals surface area (Å²) in [7, 11) is 0. The second-order valence-corrected chi connectivity index (χ2v) is 7.89. The van der Waals surface area contributed by atoms with E-state index in [1.54, 1.807) is 10.6 Å². The van der Waals surface area contributed by atoms with Crippen LogP contribution in [0, 0.1) is 0 Å². The average molecular weight is 401 g/mol. The number of hydrogen-bond donors (Lipinski definition) is 3. The van der Waals surface area contributed by atoms with Gasteiger partial charge in [0.1, 0.15) is 11.4 Å². The summed E-state index contributed by atoms with van der Waals surface area (Å²) >= 11 is 0. The molecule has 7 heteroatoms. The molecule has 1 aromatic heterocycles. The van der Waals surface area contributed by atoms with E-state index in [9.17, 15) is 10.2 Å². The number of hydrogen-bond acceptors (Lipinski definition) is 6. The maximum absolute atomic E-state index is 10.4. The van der Waals surface area contributed by atoms with Gasteiger partial charge < -0.3 is 25.2 Å². The largest absolute Gasteiger partial charge is 0.494 e. The molecule has 1 aliphatic heterocycles. The van der Waals surface area contributed by atoms with Crippen molar-refractivity contribution in [2.45, 2.75) is 38.8 Å². The van der Waals surface area contributed by atoms with E-state index in [-0.39, 0.29) is 11.8 Å². The van der Waals surface area contributed by atoms with E-state index in [0.717, 1.165) is 57.7 Å². The van der Waals surface area contributed by atoms with Crippen LogP contribution in [0.4, 0.5) is 11.4 Å². The third kappa shape index (κ3) is 4.72. The molecule has 7 nitrogen and oxygen atoms in total. The third-order valence-corrected chi connectivity index (χ3v) is 5.72. The third-order valence-electron chi connectivity index (χ3n) is 5.72. The Morgan fingerprint density at radius 1 is 1.07 bits per heavy atom. The molecule has 2 aromatic rings. The van der Waals surface area contributed by atoms with Gasteiger partial charge in [-0.1, -0.05) is 12.1 Å². The zero-order chi connectivity index (χ0) is 20.2. The lowest BCUT2D eigenvalue weighted by Crippen LogP contribution is -2.46. The smallest absolute Gasteiger partial charge is 0.218 e. The molecular weight excluding hydrogens is 368 g/mol. The van der Waals surface area contributed by atoms with E-state index < -0.39 is 0 Å². The fourth-order valence-corrected chi connectivity index (χ4v) is 3.96. The Hall–Kier alpha value is -2.54. The molecule has 1 saturated heterocycles. The van der Waals surface area contributed by atoms with E-state index in [0.29, 0.717) is 24.9 Å². The Balaban J connectivity index is 1.25. The van der Waals surface area contributed by atoms with Crippen molar-refractivity contribution in [1.29, 1.82) is 0 Å². The molecule has 29 heavy (non-hydrogen) atoms. The molecule has 2 aliphatic rings. The van der Waals surface area contributed by atoms with Gasteiger partial charge >= 0.3 is 0 Å². The molecule has 2 heterocycles. The number of benzene rings is 1. The lowest BCUT2D eigenvalue weighted by atomic mass is 10.2. The number of ether oxygens (including phenoxy) is 1. The van der Waals surface area contributed by atoms with E-state index in [4.69, 9.17) is 4.74 Å². The maximum Gasteiger partial charge on any atom is 0.218 e. The highest BCUT2D eigenvalue weighted by Crippen LogP contribution is 2.36. The quantitative estimate of drug-likeness (QED) is 0.601.